The number of methoxy groups -OCH3 is 1. The lowest BCUT2D eigenvalue weighted by Gasteiger charge is -2.29. The Balaban J connectivity index is 2.77. The van der Waals surface area contributed by atoms with E-state index in [0.717, 1.165) is 4.88 Å². The molecule has 2 unspecified atom stereocenters. The number of carbonyl (C=O) groups is 2. The van der Waals surface area contributed by atoms with Crippen molar-refractivity contribution < 1.29 is 19.4 Å². The van der Waals surface area contributed by atoms with Gasteiger partial charge in [-0.3, -0.25) is 9.59 Å². The maximum Gasteiger partial charge on any atom is 0.305 e. The predicted octanol–water partition coefficient (Wildman–Crippen LogP) is 2.50. The topological polar surface area (TPSA) is 75.6 Å². The molecule has 1 rings (SSSR count). The van der Waals surface area contributed by atoms with Gasteiger partial charge in [0.2, 0.25) is 5.91 Å². The van der Waals surface area contributed by atoms with Crippen LogP contribution >= 0.6 is 22.9 Å². The molecule has 0 aliphatic carbocycles. The van der Waals surface area contributed by atoms with Crippen molar-refractivity contribution in [3.05, 3.63) is 21.3 Å². The van der Waals surface area contributed by atoms with Crippen LogP contribution in [0.1, 0.15) is 31.1 Å². The van der Waals surface area contributed by atoms with E-state index >= 15 is 0 Å². The number of thiophene rings is 1. The standard InChI is InChI=1S/C13H18ClNO4S/c1-8(9-4-5-10(14)20-9)12(18)15-13(2,7-19-3)6-11(16)17/h4-5,8H,6-7H2,1-3H3,(H,15,18)(H,16,17). The van der Waals surface area contributed by atoms with Crippen molar-refractivity contribution >= 4 is 34.8 Å². The Morgan fingerprint density at radius 2 is 2.20 bits per heavy atom. The van der Waals surface area contributed by atoms with Gasteiger partial charge in [0.05, 0.1) is 28.8 Å². The maximum absolute atomic E-state index is 12.2. The molecule has 20 heavy (non-hydrogen) atoms. The Bertz CT molecular complexity index is 490. The van der Waals surface area contributed by atoms with Crippen molar-refractivity contribution in [2.75, 3.05) is 13.7 Å². The Morgan fingerprint density at radius 1 is 1.55 bits per heavy atom. The average Bonchev–Trinajstić information content (AvgIpc) is 2.73. The minimum atomic E-state index is -0.989. The second-order valence-electron chi connectivity index (χ2n) is 4.92. The zero-order valence-corrected chi connectivity index (χ0v) is 13.2. The number of amides is 1. The van der Waals surface area contributed by atoms with Gasteiger partial charge in [0.25, 0.3) is 0 Å². The van der Waals surface area contributed by atoms with Gasteiger partial charge in [-0.25, -0.2) is 0 Å². The summed E-state index contributed by atoms with van der Waals surface area (Å²) in [5.41, 5.74) is -0.938. The number of carboxylic acids is 1. The largest absolute Gasteiger partial charge is 0.481 e. The molecule has 1 amide bonds. The lowest BCUT2D eigenvalue weighted by molar-refractivity contribution is -0.139. The number of carbonyl (C=O) groups excluding carboxylic acids is 1. The van der Waals surface area contributed by atoms with E-state index in [2.05, 4.69) is 5.32 Å². The molecule has 112 valence electrons. The smallest absolute Gasteiger partial charge is 0.305 e. The lowest BCUT2D eigenvalue weighted by atomic mass is 9.97. The van der Waals surface area contributed by atoms with E-state index in [1.54, 1.807) is 26.0 Å². The molecule has 5 nitrogen and oxygen atoms in total. The molecule has 0 aromatic carbocycles. The highest BCUT2D eigenvalue weighted by atomic mass is 35.5. The van der Waals surface area contributed by atoms with Crippen LogP contribution in [0.4, 0.5) is 0 Å². The third-order valence-electron chi connectivity index (χ3n) is 2.84. The summed E-state index contributed by atoms with van der Waals surface area (Å²) in [4.78, 5) is 24.0. The van der Waals surface area contributed by atoms with Gasteiger partial charge in [-0.15, -0.1) is 11.3 Å². The van der Waals surface area contributed by atoms with Crippen LogP contribution in [0.2, 0.25) is 4.34 Å². The molecular weight excluding hydrogens is 302 g/mol. The summed E-state index contributed by atoms with van der Waals surface area (Å²) >= 11 is 7.18. The lowest BCUT2D eigenvalue weighted by Crippen LogP contribution is -2.51. The second kappa shape index (κ2) is 7.06. The highest BCUT2D eigenvalue weighted by Gasteiger charge is 2.31. The van der Waals surface area contributed by atoms with Crippen molar-refractivity contribution in [3.8, 4) is 0 Å². The minimum absolute atomic E-state index is 0.128. The van der Waals surface area contributed by atoms with Crippen LogP contribution in [0.3, 0.4) is 0 Å². The third kappa shape index (κ3) is 4.77. The first-order valence-electron chi connectivity index (χ1n) is 6.05. The van der Waals surface area contributed by atoms with Gasteiger partial charge in [-0.1, -0.05) is 11.6 Å². The molecule has 0 aliphatic heterocycles. The molecule has 0 saturated heterocycles. The van der Waals surface area contributed by atoms with Crippen LogP contribution in [-0.4, -0.2) is 36.2 Å². The van der Waals surface area contributed by atoms with Crippen LogP contribution in [0, 0.1) is 0 Å². The first-order chi connectivity index (χ1) is 9.27. The molecule has 0 fully saturated rings. The summed E-state index contributed by atoms with van der Waals surface area (Å²) in [6, 6.07) is 3.53. The summed E-state index contributed by atoms with van der Waals surface area (Å²) < 4.78 is 5.62. The van der Waals surface area contributed by atoms with Gasteiger partial charge in [-0.2, -0.15) is 0 Å². The third-order valence-corrected chi connectivity index (χ3v) is 4.26. The number of ether oxygens (including phenoxy) is 1. The molecule has 0 bridgehead atoms. The number of hydrogen-bond donors (Lipinski definition) is 2. The zero-order chi connectivity index (χ0) is 15.3. The highest BCUT2D eigenvalue weighted by molar-refractivity contribution is 7.16. The number of rotatable bonds is 7. The second-order valence-corrected chi connectivity index (χ2v) is 6.66. The van der Waals surface area contributed by atoms with Gasteiger partial charge in [0.15, 0.2) is 0 Å². The molecule has 7 heteroatoms. The SMILES string of the molecule is COCC(C)(CC(=O)O)NC(=O)C(C)c1ccc(Cl)s1. The predicted molar refractivity (Wildman–Crippen MR) is 78.4 cm³/mol. The van der Waals surface area contributed by atoms with E-state index in [-0.39, 0.29) is 18.9 Å². The summed E-state index contributed by atoms with van der Waals surface area (Å²) in [7, 11) is 1.47. The molecule has 1 aromatic heterocycles. The minimum Gasteiger partial charge on any atom is -0.481 e. The number of nitrogens with one attached hydrogen (secondary N) is 1. The number of halogens is 1. The fraction of sp³-hybridized carbons (Fsp3) is 0.538. The van der Waals surface area contributed by atoms with Gasteiger partial charge in [0.1, 0.15) is 0 Å². The molecule has 2 atom stereocenters. The van der Waals surface area contributed by atoms with E-state index in [4.69, 9.17) is 21.4 Å². The van der Waals surface area contributed by atoms with Crippen molar-refractivity contribution in [2.45, 2.75) is 31.7 Å². The van der Waals surface area contributed by atoms with Crippen LogP contribution in [-0.2, 0) is 14.3 Å². The van der Waals surface area contributed by atoms with E-state index < -0.39 is 17.4 Å². The van der Waals surface area contributed by atoms with E-state index in [1.165, 1.54) is 18.4 Å². The zero-order valence-electron chi connectivity index (χ0n) is 11.6. The maximum atomic E-state index is 12.2. The van der Waals surface area contributed by atoms with Gasteiger partial charge < -0.3 is 15.2 Å². The molecular formula is C13H18ClNO4S. The van der Waals surface area contributed by atoms with E-state index in [9.17, 15) is 9.59 Å². The number of hydrogen-bond acceptors (Lipinski definition) is 4. The highest BCUT2D eigenvalue weighted by Crippen LogP contribution is 2.28. The van der Waals surface area contributed by atoms with Crippen LogP contribution in [0.5, 0.6) is 0 Å². The van der Waals surface area contributed by atoms with Gasteiger partial charge >= 0.3 is 5.97 Å². The molecule has 0 saturated carbocycles. The Hall–Kier alpha value is -1.11. The summed E-state index contributed by atoms with van der Waals surface area (Å²) in [5, 5.41) is 11.7. The van der Waals surface area contributed by atoms with Gasteiger partial charge in [0, 0.05) is 12.0 Å². The van der Waals surface area contributed by atoms with E-state index in [1.807, 2.05) is 0 Å². The van der Waals surface area contributed by atoms with Crippen molar-refractivity contribution in [1.82, 2.24) is 5.32 Å². The van der Waals surface area contributed by atoms with Gasteiger partial charge in [-0.05, 0) is 26.0 Å². The van der Waals surface area contributed by atoms with Crippen molar-refractivity contribution in [3.63, 3.8) is 0 Å². The fourth-order valence-electron chi connectivity index (χ4n) is 1.88. The molecule has 0 aliphatic rings. The number of aliphatic carboxylic acids is 1. The van der Waals surface area contributed by atoms with Crippen molar-refractivity contribution in [1.29, 1.82) is 0 Å². The Morgan fingerprint density at radius 3 is 2.65 bits per heavy atom. The first kappa shape index (κ1) is 16.9. The van der Waals surface area contributed by atoms with Crippen molar-refractivity contribution in [2.24, 2.45) is 0 Å². The van der Waals surface area contributed by atoms with E-state index in [0.29, 0.717) is 4.34 Å². The normalized spacial score (nSPS) is 15.4. The molecule has 0 spiro atoms. The monoisotopic (exact) mass is 319 g/mol. The average molecular weight is 320 g/mol. The molecule has 2 N–H and O–H groups in total. The first-order valence-corrected chi connectivity index (χ1v) is 7.25. The molecule has 1 aromatic rings. The fourth-order valence-corrected chi connectivity index (χ4v) is 2.99. The van der Waals surface area contributed by atoms with Crippen LogP contribution < -0.4 is 5.32 Å². The Labute approximate surface area is 126 Å². The summed E-state index contributed by atoms with van der Waals surface area (Å²) in [5.74, 6) is -1.63. The quantitative estimate of drug-likeness (QED) is 0.809. The molecule has 1 heterocycles. The number of carboxylic acid groups (broad SMARTS) is 1. The van der Waals surface area contributed by atoms with Crippen LogP contribution in [0.15, 0.2) is 12.1 Å². The summed E-state index contributed by atoms with van der Waals surface area (Å²) in [6.07, 6.45) is -0.204. The molecule has 0 radical (unpaired) electrons. The van der Waals surface area contributed by atoms with Crippen LogP contribution in [0.25, 0.3) is 0 Å². The Kier molecular flexibility index (Phi) is 5.98. The summed E-state index contributed by atoms with van der Waals surface area (Å²) in [6.45, 7) is 3.53.